The third kappa shape index (κ3) is 3.95. The van der Waals surface area contributed by atoms with E-state index in [0.717, 1.165) is 13.0 Å². The van der Waals surface area contributed by atoms with Gasteiger partial charge in [-0.3, -0.25) is 4.79 Å². The van der Waals surface area contributed by atoms with Crippen molar-refractivity contribution in [3.63, 3.8) is 0 Å². The van der Waals surface area contributed by atoms with Gasteiger partial charge in [-0.05, 0) is 36.4 Å². The zero-order chi connectivity index (χ0) is 15.2. The number of anilines is 1. The number of hydrogen-bond acceptors (Lipinski definition) is 4. The number of amides is 1. The van der Waals surface area contributed by atoms with Crippen molar-refractivity contribution in [1.29, 1.82) is 0 Å². The molecule has 2 aromatic heterocycles. The van der Waals surface area contributed by atoms with Crippen LogP contribution in [-0.2, 0) is 13.0 Å². The van der Waals surface area contributed by atoms with Crippen molar-refractivity contribution in [2.45, 2.75) is 26.8 Å². The molecule has 2 rings (SSSR count). The van der Waals surface area contributed by atoms with Crippen LogP contribution in [0.4, 0.5) is 5.82 Å². The van der Waals surface area contributed by atoms with Crippen molar-refractivity contribution >= 4 is 34.7 Å². The Labute approximate surface area is 133 Å². The molecule has 2 aromatic rings. The first kappa shape index (κ1) is 15.8. The van der Waals surface area contributed by atoms with E-state index in [0.29, 0.717) is 22.9 Å². The number of carbonyl (C=O) groups is 1. The molecular weight excluding hydrogens is 306 g/mol. The number of nitrogens with zero attached hydrogens (tertiary/aromatic N) is 1. The number of carbonyl (C=O) groups excluding carboxylic acids is 1. The summed E-state index contributed by atoms with van der Waals surface area (Å²) in [6.45, 7) is 5.34. The molecule has 2 N–H and O–H groups in total. The second kappa shape index (κ2) is 7.43. The molecule has 4 nitrogen and oxygen atoms in total. The van der Waals surface area contributed by atoms with Crippen LogP contribution in [0.1, 0.15) is 34.6 Å². The van der Waals surface area contributed by atoms with Gasteiger partial charge in [0.2, 0.25) is 0 Å². The Balaban J connectivity index is 2.08. The Hall–Kier alpha value is -1.59. The van der Waals surface area contributed by atoms with Gasteiger partial charge in [-0.2, -0.15) is 0 Å². The monoisotopic (exact) mass is 323 g/mol. The first-order valence-electron chi connectivity index (χ1n) is 6.88. The van der Waals surface area contributed by atoms with E-state index >= 15 is 0 Å². The number of rotatable bonds is 6. The zero-order valence-corrected chi connectivity index (χ0v) is 13.6. The van der Waals surface area contributed by atoms with Crippen molar-refractivity contribution in [2.24, 2.45) is 0 Å². The first-order valence-corrected chi connectivity index (χ1v) is 8.14. The van der Waals surface area contributed by atoms with E-state index in [4.69, 9.17) is 11.6 Å². The minimum atomic E-state index is -0.183. The van der Waals surface area contributed by atoms with Crippen LogP contribution < -0.4 is 10.6 Å². The molecule has 0 saturated carbocycles. The summed E-state index contributed by atoms with van der Waals surface area (Å²) in [5.41, 5.74) is 1.71. The van der Waals surface area contributed by atoms with E-state index in [1.165, 1.54) is 16.6 Å². The van der Waals surface area contributed by atoms with Crippen LogP contribution in [0.5, 0.6) is 0 Å². The summed E-state index contributed by atoms with van der Waals surface area (Å²) in [7, 11) is 0. The fourth-order valence-corrected chi connectivity index (χ4v) is 3.09. The van der Waals surface area contributed by atoms with Gasteiger partial charge in [0, 0.05) is 17.6 Å². The van der Waals surface area contributed by atoms with Crippen LogP contribution in [0.3, 0.4) is 0 Å². The fourth-order valence-electron chi connectivity index (χ4n) is 1.98. The number of pyridine rings is 1. The highest BCUT2D eigenvalue weighted by atomic mass is 35.5. The van der Waals surface area contributed by atoms with Crippen LogP contribution in [0.25, 0.3) is 0 Å². The quantitative estimate of drug-likeness (QED) is 0.852. The molecule has 0 unspecified atom stereocenters. The summed E-state index contributed by atoms with van der Waals surface area (Å²) >= 11 is 7.72. The van der Waals surface area contributed by atoms with Crippen molar-refractivity contribution < 1.29 is 4.79 Å². The minimum Gasteiger partial charge on any atom is -0.370 e. The van der Waals surface area contributed by atoms with Crippen molar-refractivity contribution in [2.75, 3.05) is 11.9 Å². The summed E-state index contributed by atoms with van der Waals surface area (Å²) in [5.74, 6) is 0.467. The molecule has 0 aliphatic carbocycles. The lowest BCUT2D eigenvalue weighted by molar-refractivity contribution is 0.0951. The number of thiophene rings is 1. The predicted molar refractivity (Wildman–Crippen MR) is 88.3 cm³/mol. The van der Waals surface area contributed by atoms with Gasteiger partial charge in [0.05, 0.1) is 17.1 Å². The summed E-state index contributed by atoms with van der Waals surface area (Å²) in [5, 5.41) is 8.39. The number of hydrogen-bond donors (Lipinski definition) is 2. The van der Waals surface area contributed by atoms with Crippen LogP contribution in [-0.4, -0.2) is 17.4 Å². The van der Waals surface area contributed by atoms with Gasteiger partial charge in [0.15, 0.2) is 0 Å². The molecule has 0 spiro atoms. The highest BCUT2D eigenvalue weighted by Crippen LogP contribution is 2.20. The van der Waals surface area contributed by atoms with Gasteiger partial charge in [-0.15, -0.1) is 11.3 Å². The summed E-state index contributed by atoms with van der Waals surface area (Å²) in [6, 6.07) is 3.77. The van der Waals surface area contributed by atoms with Crippen molar-refractivity contribution in [1.82, 2.24) is 10.3 Å². The fraction of sp³-hybridized carbons (Fsp3) is 0.333. The Kier molecular flexibility index (Phi) is 5.59. The number of aromatic nitrogens is 1. The summed E-state index contributed by atoms with van der Waals surface area (Å²) < 4.78 is 0. The Morgan fingerprint density at radius 1 is 1.43 bits per heavy atom. The van der Waals surface area contributed by atoms with Crippen LogP contribution in [0.2, 0.25) is 5.02 Å². The highest BCUT2D eigenvalue weighted by Gasteiger charge is 2.13. The lowest BCUT2D eigenvalue weighted by Crippen LogP contribution is -2.23. The van der Waals surface area contributed by atoms with Gasteiger partial charge < -0.3 is 10.6 Å². The third-order valence-electron chi connectivity index (χ3n) is 3.09. The predicted octanol–water partition coefficient (Wildman–Crippen LogP) is 3.72. The lowest BCUT2D eigenvalue weighted by Gasteiger charge is -2.09. The van der Waals surface area contributed by atoms with E-state index in [9.17, 15) is 4.79 Å². The molecule has 21 heavy (non-hydrogen) atoms. The maximum Gasteiger partial charge on any atom is 0.253 e. The second-order valence-corrected chi connectivity index (χ2v) is 5.89. The molecular formula is C15H18ClN3OS. The summed E-state index contributed by atoms with van der Waals surface area (Å²) in [6.07, 6.45) is 2.46. The van der Waals surface area contributed by atoms with Crippen molar-refractivity contribution in [3.05, 3.63) is 44.7 Å². The molecule has 0 radical (unpaired) electrons. The Morgan fingerprint density at radius 2 is 2.24 bits per heavy atom. The lowest BCUT2D eigenvalue weighted by atomic mass is 10.2. The molecule has 0 aliphatic rings. The van der Waals surface area contributed by atoms with Gasteiger partial charge in [0.25, 0.3) is 5.91 Å². The van der Waals surface area contributed by atoms with E-state index in [2.05, 4.69) is 28.6 Å². The number of nitrogens with one attached hydrogen (secondary N) is 2. The Bertz CT molecular complexity index is 627. The third-order valence-corrected chi connectivity index (χ3v) is 4.35. The maximum absolute atomic E-state index is 12.3. The highest BCUT2D eigenvalue weighted by molar-refractivity contribution is 7.10. The molecule has 0 atom stereocenters. The van der Waals surface area contributed by atoms with Gasteiger partial charge >= 0.3 is 0 Å². The smallest absolute Gasteiger partial charge is 0.253 e. The molecule has 0 fully saturated rings. The van der Waals surface area contributed by atoms with Gasteiger partial charge in [-0.25, -0.2) is 4.98 Å². The van der Waals surface area contributed by atoms with Crippen LogP contribution in [0.15, 0.2) is 23.7 Å². The van der Waals surface area contributed by atoms with E-state index in [1.54, 1.807) is 17.4 Å². The van der Waals surface area contributed by atoms with E-state index in [-0.39, 0.29) is 5.91 Å². The summed E-state index contributed by atoms with van der Waals surface area (Å²) in [4.78, 5) is 17.6. The largest absolute Gasteiger partial charge is 0.370 e. The molecule has 0 saturated heterocycles. The molecule has 1 amide bonds. The van der Waals surface area contributed by atoms with Crippen LogP contribution in [0, 0.1) is 0 Å². The van der Waals surface area contributed by atoms with Crippen molar-refractivity contribution in [3.8, 4) is 0 Å². The molecule has 112 valence electrons. The van der Waals surface area contributed by atoms with Gasteiger partial charge in [0.1, 0.15) is 5.82 Å². The SMILES string of the molecule is CCNc1cc(C(=O)NCc2sccc2CC)c(Cl)cn1. The van der Waals surface area contributed by atoms with Gasteiger partial charge in [-0.1, -0.05) is 18.5 Å². The molecule has 2 heterocycles. The first-order chi connectivity index (χ1) is 10.2. The second-order valence-electron chi connectivity index (χ2n) is 4.48. The maximum atomic E-state index is 12.3. The average Bonchev–Trinajstić information content (AvgIpc) is 2.94. The molecule has 0 bridgehead atoms. The molecule has 0 aromatic carbocycles. The van der Waals surface area contributed by atoms with E-state index in [1.807, 2.05) is 12.3 Å². The zero-order valence-electron chi connectivity index (χ0n) is 12.1. The topological polar surface area (TPSA) is 54.0 Å². The normalized spacial score (nSPS) is 10.4. The number of aryl methyl sites for hydroxylation is 1. The van der Waals surface area contributed by atoms with Crippen LogP contribution >= 0.6 is 22.9 Å². The van der Waals surface area contributed by atoms with E-state index < -0.39 is 0 Å². The molecule has 6 heteroatoms. The number of halogens is 1. The minimum absolute atomic E-state index is 0.183. The average molecular weight is 324 g/mol. The Morgan fingerprint density at radius 3 is 2.95 bits per heavy atom. The standard InChI is InChI=1S/C15H18ClN3OS/c1-3-10-5-6-21-13(10)9-19-15(20)11-7-14(17-4-2)18-8-12(11)16/h5-8H,3-4,9H2,1-2H3,(H,17,18)(H,19,20). The molecule has 0 aliphatic heterocycles.